The zero-order valence-electron chi connectivity index (χ0n) is 8.98. The Bertz CT molecular complexity index is 168. The summed E-state index contributed by atoms with van der Waals surface area (Å²) in [5.74, 6) is 0.0918. The molecular formula is C10H20ClNO. The van der Waals surface area contributed by atoms with Gasteiger partial charge in [-0.1, -0.05) is 27.7 Å². The third-order valence-electron chi connectivity index (χ3n) is 2.43. The van der Waals surface area contributed by atoms with Gasteiger partial charge in [0, 0.05) is 12.0 Å². The molecular weight excluding hydrogens is 186 g/mol. The fourth-order valence-corrected chi connectivity index (χ4v) is 0.825. The van der Waals surface area contributed by atoms with Crippen molar-refractivity contribution in [2.24, 2.45) is 5.41 Å². The Morgan fingerprint density at radius 3 is 2.38 bits per heavy atom. The molecule has 13 heavy (non-hydrogen) atoms. The van der Waals surface area contributed by atoms with Crippen molar-refractivity contribution in [2.45, 2.75) is 45.9 Å². The van der Waals surface area contributed by atoms with Crippen LogP contribution in [0.5, 0.6) is 0 Å². The lowest BCUT2D eigenvalue weighted by molar-refractivity contribution is -0.129. The number of carbonyl (C=O) groups is 1. The van der Waals surface area contributed by atoms with Gasteiger partial charge in [0.25, 0.3) is 0 Å². The summed E-state index contributed by atoms with van der Waals surface area (Å²) in [5.41, 5.74) is -0.273. The monoisotopic (exact) mass is 205 g/mol. The molecule has 0 spiro atoms. The van der Waals surface area contributed by atoms with E-state index < -0.39 is 0 Å². The van der Waals surface area contributed by atoms with Crippen molar-refractivity contribution in [1.82, 2.24) is 5.32 Å². The maximum absolute atomic E-state index is 11.5. The molecule has 0 aliphatic carbocycles. The van der Waals surface area contributed by atoms with Crippen LogP contribution < -0.4 is 5.32 Å². The topological polar surface area (TPSA) is 29.1 Å². The first kappa shape index (κ1) is 12.8. The van der Waals surface area contributed by atoms with Crippen LogP contribution in [-0.4, -0.2) is 17.8 Å². The van der Waals surface area contributed by atoms with Crippen LogP contribution in [-0.2, 0) is 4.79 Å². The van der Waals surface area contributed by atoms with Gasteiger partial charge in [-0.3, -0.25) is 4.79 Å². The van der Waals surface area contributed by atoms with Crippen molar-refractivity contribution in [1.29, 1.82) is 0 Å². The SMILES string of the molecule is CCC(Cl)CNC(=O)C(C)(C)CC. The summed E-state index contributed by atoms with van der Waals surface area (Å²) in [6.45, 7) is 8.47. The van der Waals surface area contributed by atoms with Crippen LogP contribution in [0.3, 0.4) is 0 Å². The molecule has 3 heteroatoms. The van der Waals surface area contributed by atoms with Gasteiger partial charge in [0.15, 0.2) is 0 Å². The van der Waals surface area contributed by atoms with Crippen molar-refractivity contribution in [3.63, 3.8) is 0 Å². The molecule has 0 aliphatic heterocycles. The first-order valence-electron chi connectivity index (χ1n) is 4.86. The number of carbonyl (C=O) groups excluding carboxylic acids is 1. The van der Waals surface area contributed by atoms with Gasteiger partial charge in [-0.2, -0.15) is 0 Å². The maximum Gasteiger partial charge on any atom is 0.225 e. The van der Waals surface area contributed by atoms with Crippen molar-refractivity contribution >= 4 is 17.5 Å². The van der Waals surface area contributed by atoms with Gasteiger partial charge < -0.3 is 5.32 Å². The van der Waals surface area contributed by atoms with E-state index in [4.69, 9.17) is 11.6 Å². The van der Waals surface area contributed by atoms with E-state index in [2.05, 4.69) is 5.32 Å². The molecule has 0 saturated heterocycles. The second-order valence-electron chi connectivity index (χ2n) is 3.95. The maximum atomic E-state index is 11.5. The molecule has 0 aromatic heterocycles. The largest absolute Gasteiger partial charge is 0.354 e. The predicted molar refractivity (Wildman–Crippen MR) is 57.0 cm³/mol. The van der Waals surface area contributed by atoms with Gasteiger partial charge in [0.2, 0.25) is 5.91 Å². The molecule has 0 fully saturated rings. The Morgan fingerprint density at radius 1 is 1.46 bits per heavy atom. The molecule has 0 rings (SSSR count). The molecule has 0 radical (unpaired) electrons. The lowest BCUT2D eigenvalue weighted by atomic mass is 9.89. The standard InChI is InChI=1S/C10H20ClNO/c1-5-8(11)7-12-9(13)10(3,4)6-2/h8H,5-7H2,1-4H3,(H,12,13). The van der Waals surface area contributed by atoms with Crippen molar-refractivity contribution in [3.05, 3.63) is 0 Å². The van der Waals surface area contributed by atoms with Gasteiger partial charge in [-0.25, -0.2) is 0 Å². The quantitative estimate of drug-likeness (QED) is 0.687. The molecule has 0 saturated carbocycles. The lowest BCUT2D eigenvalue weighted by Crippen LogP contribution is -2.39. The number of halogens is 1. The number of alkyl halides is 1. The van der Waals surface area contributed by atoms with Crippen LogP contribution in [0, 0.1) is 5.41 Å². The summed E-state index contributed by atoms with van der Waals surface area (Å²) < 4.78 is 0. The van der Waals surface area contributed by atoms with Gasteiger partial charge in [0.05, 0.1) is 5.38 Å². The average Bonchev–Trinajstić information content (AvgIpc) is 2.13. The summed E-state index contributed by atoms with van der Waals surface area (Å²) >= 11 is 5.89. The Balaban J connectivity index is 3.88. The molecule has 1 atom stereocenters. The van der Waals surface area contributed by atoms with E-state index >= 15 is 0 Å². The van der Waals surface area contributed by atoms with E-state index in [1.165, 1.54) is 0 Å². The molecule has 1 unspecified atom stereocenters. The average molecular weight is 206 g/mol. The van der Waals surface area contributed by atoms with Crippen LogP contribution in [0.15, 0.2) is 0 Å². The Hall–Kier alpha value is -0.240. The fraction of sp³-hybridized carbons (Fsp3) is 0.900. The van der Waals surface area contributed by atoms with E-state index in [0.29, 0.717) is 6.54 Å². The third-order valence-corrected chi connectivity index (χ3v) is 2.89. The van der Waals surface area contributed by atoms with Crippen molar-refractivity contribution in [3.8, 4) is 0 Å². The summed E-state index contributed by atoms with van der Waals surface area (Å²) in [6, 6.07) is 0. The summed E-state index contributed by atoms with van der Waals surface area (Å²) in [6.07, 6.45) is 1.73. The van der Waals surface area contributed by atoms with E-state index in [1.54, 1.807) is 0 Å². The van der Waals surface area contributed by atoms with Crippen LogP contribution in [0.4, 0.5) is 0 Å². The number of amides is 1. The smallest absolute Gasteiger partial charge is 0.225 e. The normalized spacial score (nSPS) is 13.9. The fourth-order valence-electron chi connectivity index (χ4n) is 0.748. The van der Waals surface area contributed by atoms with Gasteiger partial charge >= 0.3 is 0 Å². The highest BCUT2D eigenvalue weighted by Crippen LogP contribution is 2.19. The zero-order chi connectivity index (χ0) is 10.5. The number of hydrogen-bond acceptors (Lipinski definition) is 1. The predicted octanol–water partition coefficient (Wildman–Crippen LogP) is 2.56. The first-order valence-corrected chi connectivity index (χ1v) is 5.30. The molecule has 78 valence electrons. The van der Waals surface area contributed by atoms with E-state index in [0.717, 1.165) is 12.8 Å². The molecule has 0 heterocycles. The molecule has 0 aliphatic rings. The van der Waals surface area contributed by atoms with E-state index in [-0.39, 0.29) is 16.7 Å². The van der Waals surface area contributed by atoms with Crippen molar-refractivity contribution in [2.75, 3.05) is 6.54 Å². The highest BCUT2D eigenvalue weighted by Gasteiger charge is 2.24. The van der Waals surface area contributed by atoms with Crippen molar-refractivity contribution < 1.29 is 4.79 Å². The Morgan fingerprint density at radius 2 is 2.00 bits per heavy atom. The van der Waals surface area contributed by atoms with Crippen LogP contribution in [0.2, 0.25) is 0 Å². The zero-order valence-corrected chi connectivity index (χ0v) is 9.74. The number of hydrogen-bond donors (Lipinski definition) is 1. The minimum absolute atomic E-state index is 0.0524. The highest BCUT2D eigenvalue weighted by atomic mass is 35.5. The highest BCUT2D eigenvalue weighted by molar-refractivity contribution is 6.20. The second-order valence-corrected chi connectivity index (χ2v) is 4.57. The molecule has 0 aromatic rings. The van der Waals surface area contributed by atoms with Gasteiger partial charge in [-0.05, 0) is 12.8 Å². The van der Waals surface area contributed by atoms with Gasteiger partial charge in [0.1, 0.15) is 0 Å². The summed E-state index contributed by atoms with van der Waals surface area (Å²) in [5, 5.41) is 2.91. The van der Waals surface area contributed by atoms with E-state index in [1.807, 2.05) is 27.7 Å². The van der Waals surface area contributed by atoms with Crippen LogP contribution in [0.25, 0.3) is 0 Å². The minimum atomic E-state index is -0.273. The molecule has 1 N–H and O–H groups in total. The van der Waals surface area contributed by atoms with Crippen LogP contribution in [0.1, 0.15) is 40.5 Å². The molecule has 1 amide bonds. The lowest BCUT2D eigenvalue weighted by Gasteiger charge is -2.22. The van der Waals surface area contributed by atoms with Crippen LogP contribution >= 0.6 is 11.6 Å². The minimum Gasteiger partial charge on any atom is -0.354 e. The Kier molecular flexibility index (Phi) is 5.38. The van der Waals surface area contributed by atoms with E-state index in [9.17, 15) is 4.79 Å². The third kappa shape index (κ3) is 4.51. The molecule has 0 bridgehead atoms. The number of nitrogens with one attached hydrogen (secondary N) is 1. The van der Waals surface area contributed by atoms with Gasteiger partial charge in [-0.15, -0.1) is 11.6 Å². The summed E-state index contributed by atoms with van der Waals surface area (Å²) in [4.78, 5) is 11.5. The Labute approximate surface area is 86.0 Å². The first-order chi connectivity index (χ1) is 5.94. The molecule has 2 nitrogen and oxygen atoms in total. The molecule has 0 aromatic carbocycles. The second kappa shape index (κ2) is 5.48. The summed E-state index contributed by atoms with van der Waals surface area (Å²) in [7, 11) is 0. The number of rotatable bonds is 5.